The van der Waals surface area contributed by atoms with Gasteiger partial charge in [-0.25, -0.2) is 0 Å². The fraction of sp³-hybridized carbons (Fsp3) is 0.882. The lowest BCUT2D eigenvalue weighted by atomic mass is 10.1. The molecule has 0 unspecified atom stereocenters. The highest BCUT2D eigenvalue weighted by Crippen LogP contribution is 2.11. The van der Waals surface area contributed by atoms with E-state index >= 15 is 0 Å². The van der Waals surface area contributed by atoms with Gasteiger partial charge in [0.05, 0.1) is 0 Å². The van der Waals surface area contributed by atoms with Gasteiger partial charge < -0.3 is 9.80 Å². The molecule has 2 nitrogen and oxygen atoms in total. The van der Waals surface area contributed by atoms with Gasteiger partial charge in [-0.1, -0.05) is 69.4 Å². The van der Waals surface area contributed by atoms with E-state index in [-0.39, 0.29) is 0 Å². The van der Waals surface area contributed by atoms with Crippen molar-refractivity contribution in [3.63, 3.8) is 0 Å². The molecule has 0 aliphatic heterocycles. The van der Waals surface area contributed by atoms with E-state index in [1.807, 2.05) is 0 Å². The number of thiol groups is 2. The molecule has 0 aromatic carbocycles. The summed E-state index contributed by atoms with van der Waals surface area (Å²) in [6.07, 6.45) is 11.8. The van der Waals surface area contributed by atoms with Crippen LogP contribution in [0.4, 0.5) is 0 Å². The predicted octanol–water partition coefficient (Wildman–Crippen LogP) is 5.57. The van der Waals surface area contributed by atoms with E-state index in [0.717, 1.165) is 34.8 Å². The van der Waals surface area contributed by atoms with Crippen LogP contribution in [0.3, 0.4) is 0 Å². The third kappa shape index (κ3) is 13.4. The average molecular weight is 395 g/mol. The fourth-order valence-electron chi connectivity index (χ4n) is 2.62. The summed E-state index contributed by atoms with van der Waals surface area (Å²) in [4.78, 5) is 4.32. The topological polar surface area (TPSA) is 6.48 Å². The minimum atomic E-state index is 0.729. The molecule has 0 aliphatic carbocycles. The Morgan fingerprint density at radius 1 is 0.609 bits per heavy atom. The Labute approximate surface area is 165 Å². The normalized spacial score (nSPS) is 10.6. The summed E-state index contributed by atoms with van der Waals surface area (Å²) in [5.74, 6) is 0. The van der Waals surface area contributed by atoms with Crippen LogP contribution in [0.25, 0.3) is 0 Å². The summed E-state index contributed by atoms with van der Waals surface area (Å²) in [7, 11) is 0. The molecule has 0 aromatic rings. The maximum Gasteiger partial charge on any atom is 0.133 e. The van der Waals surface area contributed by atoms with Crippen molar-refractivity contribution < 1.29 is 0 Å². The number of unbranched alkanes of at least 4 members (excludes halogenated alkanes) is 8. The lowest BCUT2D eigenvalue weighted by Crippen LogP contribution is -2.26. The minimum Gasteiger partial charge on any atom is -0.358 e. The van der Waals surface area contributed by atoms with Crippen LogP contribution >= 0.6 is 49.7 Å². The second-order valence-electron chi connectivity index (χ2n) is 5.91. The van der Waals surface area contributed by atoms with E-state index in [1.165, 1.54) is 57.8 Å². The van der Waals surface area contributed by atoms with E-state index < -0.39 is 0 Å². The van der Waals surface area contributed by atoms with Gasteiger partial charge in [0, 0.05) is 26.2 Å². The zero-order chi connectivity index (χ0) is 17.5. The molecule has 0 fully saturated rings. The Balaban J connectivity index is 3.34. The summed E-state index contributed by atoms with van der Waals surface area (Å²) in [5.41, 5.74) is 0. The molecule has 0 bridgehead atoms. The van der Waals surface area contributed by atoms with Crippen molar-refractivity contribution in [3.8, 4) is 0 Å². The Kier molecular flexibility index (Phi) is 16.3. The first kappa shape index (κ1) is 23.5. The quantitative estimate of drug-likeness (QED) is 0.226. The lowest BCUT2D eigenvalue weighted by molar-refractivity contribution is 0.423. The van der Waals surface area contributed by atoms with Gasteiger partial charge in [-0.3, -0.25) is 0 Å². The van der Waals surface area contributed by atoms with Crippen molar-refractivity contribution in [2.75, 3.05) is 26.2 Å². The standard InChI is InChI=1S/C17H34N2S4/c1-3-18(16(20)21)14-12-10-8-6-5-7-9-11-13-15-19(4-2)17(22)23/h3-15H2,1-2H3,(H,20,21)(H,22,23). The lowest BCUT2D eigenvalue weighted by Gasteiger charge is -2.20. The highest BCUT2D eigenvalue weighted by atomic mass is 32.1. The van der Waals surface area contributed by atoms with Crippen molar-refractivity contribution in [3.05, 3.63) is 0 Å². The van der Waals surface area contributed by atoms with E-state index in [1.54, 1.807) is 0 Å². The summed E-state index contributed by atoms with van der Waals surface area (Å²) >= 11 is 18.7. The molecule has 0 aromatic heterocycles. The smallest absolute Gasteiger partial charge is 0.133 e. The number of hydrogen-bond donors (Lipinski definition) is 2. The largest absolute Gasteiger partial charge is 0.358 e. The third-order valence-corrected chi connectivity index (χ3v) is 5.24. The van der Waals surface area contributed by atoms with Gasteiger partial charge in [0.1, 0.15) is 8.64 Å². The van der Waals surface area contributed by atoms with Gasteiger partial charge in [0.2, 0.25) is 0 Å². The predicted molar refractivity (Wildman–Crippen MR) is 119 cm³/mol. The van der Waals surface area contributed by atoms with Crippen LogP contribution in [0.2, 0.25) is 0 Å². The van der Waals surface area contributed by atoms with Gasteiger partial charge in [-0.2, -0.15) is 0 Å². The van der Waals surface area contributed by atoms with Crippen LogP contribution in [-0.2, 0) is 0 Å². The maximum absolute atomic E-state index is 5.10. The highest BCUT2D eigenvalue weighted by molar-refractivity contribution is 8.11. The second-order valence-corrected chi connectivity index (χ2v) is 8.13. The molecule has 6 heteroatoms. The number of rotatable bonds is 14. The first-order chi connectivity index (χ1) is 11.0. The molecule has 0 saturated carbocycles. The minimum absolute atomic E-state index is 0.729. The molecule has 0 amide bonds. The van der Waals surface area contributed by atoms with Gasteiger partial charge in [-0.05, 0) is 26.7 Å². The average Bonchev–Trinajstić information content (AvgIpc) is 2.51. The Morgan fingerprint density at radius 2 is 0.870 bits per heavy atom. The summed E-state index contributed by atoms with van der Waals surface area (Å²) in [6, 6.07) is 0. The van der Waals surface area contributed by atoms with Crippen LogP contribution < -0.4 is 0 Å². The zero-order valence-corrected chi connectivity index (χ0v) is 18.2. The number of hydrogen-bond acceptors (Lipinski definition) is 2. The van der Waals surface area contributed by atoms with Crippen LogP contribution in [-0.4, -0.2) is 44.6 Å². The van der Waals surface area contributed by atoms with E-state index in [2.05, 4.69) is 48.9 Å². The molecular weight excluding hydrogens is 360 g/mol. The molecule has 0 atom stereocenters. The van der Waals surface area contributed by atoms with E-state index in [0.29, 0.717) is 0 Å². The third-order valence-electron chi connectivity index (χ3n) is 4.16. The molecule has 0 radical (unpaired) electrons. The summed E-state index contributed by atoms with van der Waals surface area (Å²) in [5, 5.41) is 0. The zero-order valence-electron chi connectivity index (χ0n) is 14.8. The number of nitrogens with zero attached hydrogens (tertiary/aromatic N) is 2. The van der Waals surface area contributed by atoms with Crippen LogP contribution in [0.15, 0.2) is 0 Å². The molecule has 0 spiro atoms. The van der Waals surface area contributed by atoms with Crippen LogP contribution in [0.1, 0.15) is 71.6 Å². The molecule has 0 N–H and O–H groups in total. The molecule has 136 valence electrons. The van der Waals surface area contributed by atoms with Crippen molar-refractivity contribution in [2.24, 2.45) is 0 Å². The van der Waals surface area contributed by atoms with Crippen molar-refractivity contribution in [2.45, 2.75) is 71.6 Å². The molecule has 0 heterocycles. The molecule has 0 aliphatic rings. The van der Waals surface area contributed by atoms with Gasteiger partial charge in [0.15, 0.2) is 0 Å². The molecule has 23 heavy (non-hydrogen) atoms. The summed E-state index contributed by atoms with van der Waals surface area (Å²) in [6.45, 7) is 8.31. The SMILES string of the molecule is CCN(CCCCCCCCCCCN(CC)C(=S)S)C(=S)S. The van der Waals surface area contributed by atoms with Crippen LogP contribution in [0, 0.1) is 0 Å². The van der Waals surface area contributed by atoms with E-state index in [4.69, 9.17) is 24.4 Å². The summed E-state index contributed by atoms with van der Waals surface area (Å²) < 4.78 is 1.46. The van der Waals surface area contributed by atoms with Gasteiger partial charge >= 0.3 is 0 Å². The maximum atomic E-state index is 5.10. The van der Waals surface area contributed by atoms with Gasteiger partial charge in [-0.15, -0.1) is 25.3 Å². The first-order valence-electron chi connectivity index (χ1n) is 8.98. The first-order valence-corrected chi connectivity index (χ1v) is 10.7. The Bertz CT molecular complexity index is 294. The Morgan fingerprint density at radius 3 is 1.09 bits per heavy atom. The Hall–Kier alpha value is 0.480. The van der Waals surface area contributed by atoms with E-state index in [9.17, 15) is 0 Å². The monoisotopic (exact) mass is 394 g/mol. The number of thiocarbonyl (C=S) groups is 2. The van der Waals surface area contributed by atoms with Crippen molar-refractivity contribution in [1.29, 1.82) is 0 Å². The fourth-order valence-corrected chi connectivity index (χ4v) is 3.54. The molecule has 0 saturated heterocycles. The van der Waals surface area contributed by atoms with Gasteiger partial charge in [0.25, 0.3) is 0 Å². The van der Waals surface area contributed by atoms with Crippen molar-refractivity contribution >= 4 is 58.3 Å². The highest BCUT2D eigenvalue weighted by Gasteiger charge is 2.03. The second kappa shape index (κ2) is 16.0. The van der Waals surface area contributed by atoms with Crippen LogP contribution in [0.5, 0.6) is 0 Å². The molecular formula is C17H34N2S4. The molecule has 0 rings (SSSR count). The van der Waals surface area contributed by atoms with Crippen molar-refractivity contribution in [1.82, 2.24) is 9.80 Å².